The second kappa shape index (κ2) is 4.42. The van der Waals surface area contributed by atoms with Crippen LogP contribution in [0.1, 0.15) is 12.8 Å². The van der Waals surface area contributed by atoms with Gasteiger partial charge in [-0.1, -0.05) is 11.6 Å². The molecule has 0 aliphatic carbocycles. The standard InChI is InChI=1S/C10H10Br2ClN/c11-8-5-7(13)6-9(12)10(8)14-3-1-2-4-14/h5-6H,1-4H2. The summed E-state index contributed by atoms with van der Waals surface area (Å²) >= 11 is 13.1. The highest BCUT2D eigenvalue weighted by atomic mass is 79.9. The summed E-state index contributed by atoms with van der Waals surface area (Å²) in [4.78, 5) is 2.38. The number of anilines is 1. The van der Waals surface area contributed by atoms with Gasteiger partial charge in [-0.05, 0) is 56.8 Å². The van der Waals surface area contributed by atoms with Crippen LogP contribution in [0.3, 0.4) is 0 Å². The molecule has 1 fully saturated rings. The van der Waals surface area contributed by atoms with E-state index in [1.165, 1.54) is 18.5 Å². The van der Waals surface area contributed by atoms with Crippen LogP contribution in [-0.2, 0) is 0 Å². The third-order valence-corrected chi connectivity index (χ3v) is 3.83. The predicted octanol–water partition coefficient (Wildman–Crippen LogP) is 4.47. The minimum atomic E-state index is 0.756. The Morgan fingerprint density at radius 3 is 2.07 bits per heavy atom. The Kier molecular flexibility index (Phi) is 3.40. The summed E-state index contributed by atoms with van der Waals surface area (Å²) in [5.41, 5.74) is 1.23. The van der Waals surface area contributed by atoms with Crippen molar-refractivity contribution in [3.05, 3.63) is 26.1 Å². The highest BCUT2D eigenvalue weighted by molar-refractivity contribution is 9.11. The van der Waals surface area contributed by atoms with Crippen LogP contribution in [0.25, 0.3) is 0 Å². The first-order valence-electron chi connectivity index (χ1n) is 4.58. The minimum Gasteiger partial charge on any atom is -0.370 e. The van der Waals surface area contributed by atoms with Gasteiger partial charge in [0.25, 0.3) is 0 Å². The first kappa shape index (κ1) is 10.8. The lowest BCUT2D eigenvalue weighted by Gasteiger charge is -2.21. The molecule has 2 rings (SSSR count). The number of rotatable bonds is 1. The van der Waals surface area contributed by atoms with Gasteiger partial charge in [0.1, 0.15) is 0 Å². The van der Waals surface area contributed by atoms with Crippen LogP contribution >= 0.6 is 43.5 Å². The maximum atomic E-state index is 5.95. The molecule has 1 saturated heterocycles. The Balaban J connectivity index is 2.40. The van der Waals surface area contributed by atoms with Crippen molar-refractivity contribution >= 4 is 49.1 Å². The van der Waals surface area contributed by atoms with Crippen molar-refractivity contribution < 1.29 is 0 Å². The van der Waals surface area contributed by atoms with Crippen molar-refractivity contribution in [2.75, 3.05) is 18.0 Å². The number of hydrogen-bond donors (Lipinski definition) is 0. The Labute approximate surface area is 106 Å². The van der Waals surface area contributed by atoms with Gasteiger partial charge in [-0.15, -0.1) is 0 Å². The van der Waals surface area contributed by atoms with Crippen LogP contribution in [0.2, 0.25) is 5.02 Å². The SMILES string of the molecule is Clc1cc(Br)c(N2CCCC2)c(Br)c1. The molecule has 0 aromatic heterocycles. The molecular formula is C10H10Br2ClN. The van der Waals surface area contributed by atoms with E-state index in [1.807, 2.05) is 12.1 Å². The molecule has 0 spiro atoms. The molecule has 0 bridgehead atoms. The lowest BCUT2D eigenvalue weighted by Crippen LogP contribution is -2.18. The molecule has 1 aromatic carbocycles. The van der Waals surface area contributed by atoms with Gasteiger partial charge in [0.15, 0.2) is 0 Å². The Morgan fingerprint density at radius 2 is 1.57 bits per heavy atom. The summed E-state index contributed by atoms with van der Waals surface area (Å²) in [6, 6.07) is 3.89. The Hall–Kier alpha value is 0.270. The molecule has 4 heteroatoms. The predicted molar refractivity (Wildman–Crippen MR) is 68.3 cm³/mol. The molecule has 1 heterocycles. The van der Waals surface area contributed by atoms with Crippen LogP contribution < -0.4 is 4.90 Å². The first-order valence-corrected chi connectivity index (χ1v) is 6.54. The molecule has 1 nitrogen and oxygen atoms in total. The van der Waals surface area contributed by atoms with E-state index in [4.69, 9.17) is 11.6 Å². The van der Waals surface area contributed by atoms with Crippen molar-refractivity contribution in [2.45, 2.75) is 12.8 Å². The number of halogens is 3. The smallest absolute Gasteiger partial charge is 0.0656 e. The average molecular weight is 339 g/mol. The van der Waals surface area contributed by atoms with Crippen LogP contribution in [0.15, 0.2) is 21.1 Å². The van der Waals surface area contributed by atoms with Gasteiger partial charge >= 0.3 is 0 Å². The molecular weight excluding hydrogens is 329 g/mol. The van der Waals surface area contributed by atoms with E-state index >= 15 is 0 Å². The van der Waals surface area contributed by atoms with E-state index in [0.29, 0.717) is 0 Å². The molecule has 0 amide bonds. The molecule has 0 unspecified atom stereocenters. The van der Waals surface area contributed by atoms with Crippen molar-refractivity contribution in [3.63, 3.8) is 0 Å². The zero-order valence-corrected chi connectivity index (χ0v) is 11.5. The summed E-state index contributed by atoms with van der Waals surface area (Å²) < 4.78 is 2.14. The fraction of sp³-hybridized carbons (Fsp3) is 0.400. The summed E-state index contributed by atoms with van der Waals surface area (Å²) in [5.74, 6) is 0. The van der Waals surface area contributed by atoms with E-state index < -0.39 is 0 Å². The van der Waals surface area contributed by atoms with Crippen molar-refractivity contribution in [1.29, 1.82) is 0 Å². The van der Waals surface area contributed by atoms with Crippen LogP contribution in [0, 0.1) is 0 Å². The molecule has 0 saturated carbocycles. The van der Waals surface area contributed by atoms with E-state index in [2.05, 4.69) is 36.8 Å². The zero-order valence-electron chi connectivity index (χ0n) is 7.56. The molecule has 0 radical (unpaired) electrons. The van der Waals surface area contributed by atoms with E-state index in [0.717, 1.165) is 27.1 Å². The zero-order chi connectivity index (χ0) is 10.1. The first-order chi connectivity index (χ1) is 6.68. The number of benzene rings is 1. The average Bonchev–Trinajstić information content (AvgIpc) is 2.54. The van der Waals surface area contributed by atoms with Gasteiger partial charge in [-0.25, -0.2) is 0 Å². The largest absolute Gasteiger partial charge is 0.370 e. The molecule has 14 heavy (non-hydrogen) atoms. The van der Waals surface area contributed by atoms with Gasteiger partial charge in [-0.2, -0.15) is 0 Å². The van der Waals surface area contributed by atoms with Gasteiger partial charge < -0.3 is 4.90 Å². The Morgan fingerprint density at radius 1 is 1.07 bits per heavy atom. The van der Waals surface area contributed by atoms with Gasteiger partial charge in [0.05, 0.1) is 5.69 Å². The number of hydrogen-bond acceptors (Lipinski definition) is 1. The fourth-order valence-corrected chi connectivity index (χ4v) is 3.95. The van der Waals surface area contributed by atoms with Gasteiger partial charge in [-0.3, -0.25) is 0 Å². The van der Waals surface area contributed by atoms with Gasteiger partial charge in [0.2, 0.25) is 0 Å². The highest BCUT2D eigenvalue weighted by Crippen LogP contribution is 2.38. The topological polar surface area (TPSA) is 3.24 Å². The summed E-state index contributed by atoms with van der Waals surface area (Å²) in [5, 5.41) is 0.756. The minimum absolute atomic E-state index is 0.756. The summed E-state index contributed by atoms with van der Waals surface area (Å²) in [7, 11) is 0. The summed E-state index contributed by atoms with van der Waals surface area (Å²) in [6.07, 6.45) is 2.56. The molecule has 0 N–H and O–H groups in total. The monoisotopic (exact) mass is 337 g/mol. The molecule has 1 aliphatic heterocycles. The van der Waals surface area contributed by atoms with E-state index in [-0.39, 0.29) is 0 Å². The molecule has 76 valence electrons. The van der Waals surface area contributed by atoms with Crippen molar-refractivity contribution in [3.8, 4) is 0 Å². The van der Waals surface area contributed by atoms with Gasteiger partial charge in [0, 0.05) is 27.1 Å². The normalized spacial score (nSPS) is 16.4. The third-order valence-electron chi connectivity index (χ3n) is 2.40. The molecule has 1 aliphatic rings. The second-order valence-corrected chi connectivity index (χ2v) is 5.56. The van der Waals surface area contributed by atoms with E-state index in [9.17, 15) is 0 Å². The lowest BCUT2D eigenvalue weighted by atomic mass is 10.3. The Bertz CT molecular complexity index is 325. The second-order valence-electron chi connectivity index (χ2n) is 3.41. The maximum absolute atomic E-state index is 5.95. The lowest BCUT2D eigenvalue weighted by molar-refractivity contribution is 0.949. The van der Waals surface area contributed by atoms with Crippen molar-refractivity contribution in [1.82, 2.24) is 0 Å². The van der Waals surface area contributed by atoms with Crippen molar-refractivity contribution in [2.24, 2.45) is 0 Å². The maximum Gasteiger partial charge on any atom is 0.0656 e. The van der Waals surface area contributed by atoms with E-state index in [1.54, 1.807) is 0 Å². The molecule has 0 atom stereocenters. The highest BCUT2D eigenvalue weighted by Gasteiger charge is 2.17. The van der Waals surface area contributed by atoms with Crippen LogP contribution in [0.4, 0.5) is 5.69 Å². The fourth-order valence-electron chi connectivity index (χ4n) is 1.78. The quantitative estimate of drug-likeness (QED) is 0.730. The van der Waals surface area contributed by atoms with Crippen LogP contribution in [-0.4, -0.2) is 13.1 Å². The van der Waals surface area contributed by atoms with Crippen LogP contribution in [0.5, 0.6) is 0 Å². The third kappa shape index (κ3) is 2.10. The molecule has 1 aromatic rings. The number of nitrogens with zero attached hydrogens (tertiary/aromatic N) is 1. The summed E-state index contributed by atoms with van der Waals surface area (Å²) in [6.45, 7) is 2.28.